The van der Waals surface area contributed by atoms with Crippen molar-refractivity contribution in [1.82, 2.24) is 4.98 Å². The third-order valence-corrected chi connectivity index (χ3v) is 5.31. The first kappa shape index (κ1) is 14.9. The Morgan fingerprint density at radius 1 is 1.18 bits per heavy atom. The molecule has 3 rings (SSSR count). The minimum absolute atomic E-state index is 0.117. The van der Waals surface area contributed by atoms with Gasteiger partial charge >= 0.3 is 5.97 Å². The molecule has 0 bridgehead atoms. The monoisotopic (exact) mass is 329 g/mol. The summed E-state index contributed by atoms with van der Waals surface area (Å²) < 4.78 is 1.13. The number of thiazole rings is 1. The highest BCUT2D eigenvalue weighted by Crippen LogP contribution is 2.32. The maximum Gasteiger partial charge on any atom is 0.303 e. The van der Waals surface area contributed by atoms with Gasteiger partial charge in [-0.1, -0.05) is 12.1 Å². The molecule has 0 fully saturated rings. The van der Waals surface area contributed by atoms with Gasteiger partial charge in [-0.25, -0.2) is 4.98 Å². The molecule has 0 unspecified atom stereocenters. The quantitative estimate of drug-likeness (QED) is 0.711. The van der Waals surface area contributed by atoms with Gasteiger partial charge in [0.2, 0.25) is 0 Å². The van der Waals surface area contributed by atoms with E-state index in [1.807, 2.05) is 24.3 Å². The summed E-state index contributed by atoms with van der Waals surface area (Å²) in [7, 11) is 0. The fourth-order valence-corrected chi connectivity index (χ4v) is 4.05. The second kappa shape index (κ2) is 6.42. The lowest BCUT2D eigenvalue weighted by Gasteiger charge is -2.01. The largest absolute Gasteiger partial charge is 0.481 e. The molecular weight excluding hydrogens is 314 g/mol. The maximum atomic E-state index is 10.9. The highest BCUT2D eigenvalue weighted by atomic mass is 32.1. The summed E-state index contributed by atoms with van der Waals surface area (Å²) in [6.45, 7) is 2.07. The average Bonchev–Trinajstić information content (AvgIpc) is 3.09. The number of carboxylic acid groups (broad SMARTS) is 1. The van der Waals surface area contributed by atoms with Gasteiger partial charge in [0.15, 0.2) is 0 Å². The standard InChI is InChI=1S/C17H15NO2S2/c1-11-6-8-13(21-11)10-12(7-9-16(19)20)17-18-14-4-2-3-5-15(14)22-17/h2-6,8,10H,7,9H2,1H3,(H,19,20)/b12-10-. The van der Waals surface area contributed by atoms with Crippen molar-refractivity contribution >= 4 is 50.5 Å². The van der Waals surface area contributed by atoms with E-state index in [2.05, 4.69) is 30.1 Å². The number of rotatable bonds is 5. The fourth-order valence-electron chi connectivity index (χ4n) is 2.19. The molecule has 5 heteroatoms. The van der Waals surface area contributed by atoms with E-state index < -0.39 is 5.97 Å². The van der Waals surface area contributed by atoms with E-state index in [0.29, 0.717) is 6.42 Å². The van der Waals surface area contributed by atoms with E-state index >= 15 is 0 Å². The van der Waals surface area contributed by atoms with Crippen LogP contribution in [0.3, 0.4) is 0 Å². The lowest BCUT2D eigenvalue weighted by atomic mass is 10.1. The van der Waals surface area contributed by atoms with Crippen LogP contribution in [0.4, 0.5) is 0 Å². The molecule has 0 aliphatic heterocycles. The number of benzene rings is 1. The molecular formula is C17H15NO2S2. The molecule has 3 nitrogen and oxygen atoms in total. The molecule has 0 atom stereocenters. The smallest absolute Gasteiger partial charge is 0.303 e. The van der Waals surface area contributed by atoms with Crippen molar-refractivity contribution in [2.75, 3.05) is 0 Å². The first-order chi connectivity index (χ1) is 10.6. The molecule has 0 radical (unpaired) electrons. The Morgan fingerprint density at radius 3 is 2.68 bits per heavy atom. The average molecular weight is 329 g/mol. The first-order valence-corrected chi connectivity index (χ1v) is 8.60. The zero-order valence-electron chi connectivity index (χ0n) is 12.1. The van der Waals surface area contributed by atoms with Gasteiger partial charge < -0.3 is 5.11 Å². The molecule has 1 N–H and O–H groups in total. The zero-order valence-corrected chi connectivity index (χ0v) is 13.7. The number of aromatic nitrogens is 1. The first-order valence-electron chi connectivity index (χ1n) is 6.96. The van der Waals surface area contributed by atoms with Gasteiger partial charge in [-0.15, -0.1) is 22.7 Å². The number of thiophene rings is 1. The minimum atomic E-state index is -0.783. The van der Waals surface area contributed by atoms with E-state index in [4.69, 9.17) is 5.11 Å². The molecule has 2 aromatic heterocycles. The van der Waals surface area contributed by atoms with Gasteiger partial charge in [0.1, 0.15) is 5.01 Å². The van der Waals surface area contributed by atoms with Crippen LogP contribution in [0, 0.1) is 6.92 Å². The summed E-state index contributed by atoms with van der Waals surface area (Å²) >= 11 is 3.32. The third kappa shape index (κ3) is 3.43. The molecule has 0 aliphatic rings. The second-order valence-corrected chi connectivity index (χ2v) is 7.35. The second-order valence-electron chi connectivity index (χ2n) is 5.00. The SMILES string of the molecule is Cc1ccc(/C=C(/CCC(=O)O)c2nc3ccccc3s2)s1. The Bertz CT molecular complexity index is 812. The Balaban J connectivity index is 1.99. The lowest BCUT2D eigenvalue weighted by Crippen LogP contribution is -1.95. The number of aryl methyl sites for hydroxylation is 1. The van der Waals surface area contributed by atoms with Crippen LogP contribution < -0.4 is 0 Å². The number of para-hydroxylation sites is 1. The summed E-state index contributed by atoms with van der Waals surface area (Å²) in [5.41, 5.74) is 1.96. The summed E-state index contributed by atoms with van der Waals surface area (Å²) in [5.74, 6) is -0.783. The summed E-state index contributed by atoms with van der Waals surface area (Å²) in [6.07, 6.45) is 2.68. The van der Waals surface area contributed by atoms with E-state index in [-0.39, 0.29) is 6.42 Å². The van der Waals surface area contributed by atoms with Crippen LogP contribution >= 0.6 is 22.7 Å². The van der Waals surface area contributed by atoms with Crippen LogP contribution in [0.5, 0.6) is 0 Å². The molecule has 2 heterocycles. The van der Waals surface area contributed by atoms with Gasteiger partial charge in [0, 0.05) is 16.2 Å². The van der Waals surface area contributed by atoms with E-state index in [1.165, 1.54) is 4.88 Å². The summed E-state index contributed by atoms with van der Waals surface area (Å²) in [5, 5.41) is 9.89. The van der Waals surface area contributed by atoms with Crippen molar-refractivity contribution in [3.63, 3.8) is 0 Å². The Morgan fingerprint density at radius 2 is 2.00 bits per heavy atom. The van der Waals surface area contributed by atoms with Crippen molar-refractivity contribution in [2.45, 2.75) is 19.8 Å². The number of carboxylic acids is 1. The molecule has 0 saturated heterocycles. The van der Waals surface area contributed by atoms with Gasteiger partial charge in [0.25, 0.3) is 0 Å². The van der Waals surface area contributed by atoms with Gasteiger partial charge in [-0.2, -0.15) is 0 Å². The number of hydrogen-bond donors (Lipinski definition) is 1. The predicted octanol–water partition coefficient (Wildman–Crippen LogP) is 5.07. The highest BCUT2D eigenvalue weighted by Gasteiger charge is 2.11. The van der Waals surface area contributed by atoms with E-state index in [0.717, 1.165) is 25.7 Å². The van der Waals surface area contributed by atoms with Crippen LogP contribution in [-0.4, -0.2) is 16.1 Å². The third-order valence-electron chi connectivity index (χ3n) is 3.25. The molecule has 112 valence electrons. The molecule has 3 aromatic rings. The van der Waals surface area contributed by atoms with Crippen molar-refractivity contribution in [3.05, 3.63) is 51.2 Å². The number of aliphatic carboxylic acids is 1. The van der Waals surface area contributed by atoms with E-state index in [9.17, 15) is 4.79 Å². The van der Waals surface area contributed by atoms with Crippen LogP contribution in [0.2, 0.25) is 0 Å². The number of carbonyl (C=O) groups is 1. The highest BCUT2D eigenvalue weighted by molar-refractivity contribution is 7.19. The van der Waals surface area contributed by atoms with Gasteiger partial charge in [-0.05, 0) is 49.3 Å². The fraction of sp³-hybridized carbons (Fsp3) is 0.176. The van der Waals surface area contributed by atoms with Crippen LogP contribution in [-0.2, 0) is 4.79 Å². The molecule has 22 heavy (non-hydrogen) atoms. The van der Waals surface area contributed by atoms with Gasteiger partial charge in [0.05, 0.1) is 10.2 Å². The Labute approximate surface area is 136 Å². The van der Waals surface area contributed by atoms with Gasteiger partial charge in [-0.3, -0.25) is 4.79 Å². The molecule has 1 aromatic carbocycles. The van der Waals surface area contributed by atoms with Crippen LogP contribution in [0.15, 0.2) is 36.4 Å². The van der Waals surface area contributed by atoms with Crippen LogP contribution in [0.25, 0.3) is 21.9 Å². The lowest BCUT2D eigenvalue weighted by molar-refractivity contribution is -0.136. The topological polar surface area (TPSA) is 50.2 Å². The summed E-state index contributed by atoms with van der Waals surface area (Å²) in [6, 6.07) is 12.1. The molecule has 0 aliphatic carbocycles. The minimum Gasteiger partial charge on any atom is -0.481 e. The zero-order chi connectivity index (χ0) is 15.5. The Kier molecular flexibility index (Phi) is 4.36. The molecule has 0 saturated carbocycles. The van der Waals surface area contributed by atoms with Crippen LogP contribution in [0.1, 0.15) is 27.6 Å². The number of hydrogen-bond acceptors (Lipinski definition) is 4. The molecule has 0 amide bonds. The normalized spacial score (nSPS) is 12.0. The summed E-state index contributed by atoms with van der Waals surface area (Å²) in [4.78, 5) is 18.0. The van der Waals surface area contributed by atoms with E-state index in [1.54, 1.807) is 22.7 Å². The number of nitrogens with zero attached hydrogens (tertiary/aromatic N) is 1. The number of allylic oxidation sites excluding steroid dienone is 1. The molecule has 0 spiro atoms. The maximum absolute atomic E-state index is 10.9. The van der Waals surface area contributed by atoms with Crippen molar-refractivity contribution < 1.29 is 9.90 Å². The number of fused-ring (bicyclic) bond motifs is 1. The van der Waals surface area contributed by atoms with Crippen molar-refractivity contribution in [1.29, 1.82) is 0 Å². The van der Waals surface area contributed by atoms with Crippen molar-refractivity contribution in [3.8, 4) is 0 Å². The van der Waals surface area contributed by atoms with Crippen molar-refractivity contribution in [2.24, 2.45) is 0 Å². The Hall–Kier alpha value is -1.98. The predicted molar refractivity (Wildman–Crippen MR) is 93.4 cm³/mol.